The van der Waals surface area contributed by atoms with Crippen LogP contribution in [0.4, 0.5) is 0 Å². The summed E-state index contributed by atoms with van der Waals surface area (Å²) < 4.78 is 27.8. The molecule has 0 heterocycles. The Balaban J connectivity index is 3.42. The first-order chi connectivity index (χ1) is 3.56. The Labute approximate surface area is 49.5 Å². The van der Waals surface area contributed by atoms with Gasteiger partial charge >= 0.3 is 0 Å². The van der Waals surface area contributed by atoms with Crippen molar-refractivity contribution in [3.8, 4) is 0 Å². The Morgan fingerprint density at radius 2 is 2.12 bits per heavy atom. The van der Waals surface area contributed by atoms with Crippen molar-refractivity contribution in [3.05, 3.63) is 5.75 Å². The van der Waals surface area contributed by atoms with Gasteiger partial charge in [-0.1, -0.05) is 13.3 Å². The predicted molar refractivity (Wildman–Crippen MR) is 30.8 cm³/mol. The second kappa shape index (κ2) is 3.04. The van der Waals surface area contributed by atoms with Crippen LogP contribution in [-0.4, -0.2) is 13.0 Å². The molecule has 49 valence electrons. The Kier molecular flexibility index (Phi) is 3.01. The summed E-state index contributed by atoms with van der Waals surface area (Å²) in [6.07, 6.45) is 1.15. The molecule has 0 aliphatic heterocycles. The summed E-state index contributed by atoms with van der Waals surface area (Å²) in [5.41, 5.74) is 0. The van der Waals surface area contributed by atoms with Crippen LogP contribution in [0.5, 0.6) is 0 Å². The van der Waals surface area contributed by atoms with Gasteiger partial charge in [0.05, 0.1) is 0 Å². The summed E-state index contributed by atoms with van der Waals surface area (Å²) in [6, 6.07) is 0. The summed E-state index contributed by atoms with van der Waals surface area (Å²) in [5, 5.41) is 0. The highest BCUT2D eigenvalue weighted by atomic mass is 32.2. The van der Waals surface area contributed by atoms with Gasteiger partial charge in [-0.15, -0.1) is 0 Å². The van der Waals surface area contributed by atoms with Crippen LogP contribution < -0.4 is 0 Å². The van der Waals surface area contributed by atoms with Crippen LogP contribution in [-0.2, 0) is 10.1 Å². The van der Waals surface area contributed by atoms with Crippen molar-refractivity contribution in [3.63, 3.8) is 0 Å². The first-order valence-electron chi connectivity index (χ1n) is 2.37. The molecule has 0 atom stereocenters. The van der Waals surface area contributed by atoms with E-state index in [1.165, 1.54) is 0 Å². The highest BCUT2D eigenvalue weighted by Gasteiger charge is 2.01. The van der Waals surface area contributed by atoms with E-state index in [1.807, 2.05) is 6.92 Å². The van der Waals surface area contributed by atoms with Gasteiger partial charge in [0.2, 0.25) is 0 Å². The third kappa shape index (κ3) is 5.91. The van der Waals surface area contributed by atoms with Gasteiger partial charge in [-0.2, -0.15) is 8.42 Å². The standard InChI is InChI=1S/C4H9O3S/c1-2-3-4-8(5,6)7/h4H,2-3H2,1H3,(H,5,6,7). The maximum atomic E-state index is 9.89. The largest absolute Gasteiger partial charge is 0.285 e. The molecule has 8 heavy (non-hydrogen) atoms. The zero-order chi connectivity index (χ0) is 6.62. The van der Waals surface area contributed by atoms with Crippen LogP contribution in [0.15, 0.2) is 0 Å². The molecular weight excluding hydrogens is 128 g/mol. The van der Waals surface area contributed by atoms with Crippen molar-refractivity contribution in [2.75, 3.05) is 0 Å². The minimum absolute atomic E-state index is 0.416. The molecule has 1 radical (unpaired) electrons. The number of rotatable bonds is 3. The lowest BCUT2D eigenvalue weighted by Gasteiger charge is -1.89. The van der Waals surface area contributed by atoms with Gasteiger partial charge in [0.25, 0.3) is 10.1 Å². The van der Waals surface area contributed by atoms with Crippen LogP contribution in [0.25, 0.3) is 0 Å². The molecule has 0 aromatic rings. The fourth-order valence-corrected chi connectivity index (χ4v) is 0.800. The number of hydrogen-bond donors (Lipinski definition) is 1. The highest BCUT2D eigenvalue weighted by molar-refractivity contribution is 7.87. The quantitative estimate of drug-likeness (QED) is 0.586. The van der Waals surface area contributed by atoms with E-state index in [0.29, 0.717) is 6.42 Å². The summed E-state index contributed by atoms with van der Waals surface area (Å²) in [4.78, 5) is 0. The Bertz CT molecular complexity index is 135. The van der Waals surface area contributed by atoms with Crippen molar-refractivity contribution in [1.29, 1.82) is 0 Å². The Morgan fingerprint density at radius 3 is 2.25 bits per heavy atom. The summed E-state index contributed by atoms with van der Waals surface area (Å²) in [7, 11) is -3.81. The predicted octanol–water partition coefficient (Wildman–Crippen LogP) is 0.836. The van der Waals surface area contributed by atoms with Gasteiger partial charge in [0.1, 0.15) is 5.75 Å². The molecule has 0 aliphatic carbocycles. The van der Waals surface area contributed by atoms with E-state index in [9.17, 15) is 8.42 Å². The molecule has 0 saturated heterocycles. The molecule has 0 bridgehead atoms. The lowest BCUT2D eigenvalue weighted by Crippen LogP contribution is -1.95. The van der Waals surface area contributed by atoms with E-state index >= 15 is 0 Å². The molecule has 4 heteroatoms. The monoisotopic (exact) mass is 137 g/mol. The van der Waals surface area contributed by atoms with Gasteiger partial charge < -0.3 is 0 Å². The van der Waals surface area contributed by atoms with Crippen molar-refractivity contribution in [2.45, 2.75) is 19.8 Å². The van der Waals surface area contributed by atoms with Gasteiger partial charge in [-0.05, 0) is 6.42 Å². The van der Waals surface area contributed by atoms with Gasteiger partial charge in [-0.25, -0.2) is 0 Å². The molecule has 0 unspecified atom stereocenters. The molecule has 0 amide bonds. The topological polar surface area (TPSA) is 54.4 Å². The maximum Gasteiger partial charge on any atom is 0.269 e. The van der Waals surface area contributed by atoms with Crippen molar-refractivity contribution < 1.29 is 13.0 Å². The first-order valence-corrected chi connectivity index (χ1v) is 3.87. The smallest absolute Gasteiger partial charge is 0.269 e. The van der Waals surface area contributed by atoms with Gasteiger partial charge in [0.15, 0.2) is 0 Å². The van der Waals surface area contributed by atoms with Crippen LogP contribution in [0.1, 0.15) is 19.8 Å². The molecule has 0 rings (SSSR count). The summed E-state index contributed by atoms with van der Waals surface area (Å²) in [5.74, 6) is 0.896. The van der Waals surface area contributed by atoms with Crippen LogP contribution in [0.2, 0.25) is 0 Å². The summed E-state index contributed by atoms with van der Waals surface area (Å²) in [6.45, 7) is 1.84. The fourth-order valence-electron chi connectivity index (χ4n) is 0.267. The molecule has 3 nitrogen and oxygen atoms in total. The van der Waals surface area contributed by atoms with Crippen LogP contribution >= 0.6 is 0 Å². The Morgan fingerprint density at radius 1 is 1.62 bits per heavy atom. The fraction of sp³-hybridized carbons (Fsp3) is 0.750. The SMILES string of the molecule is CCC[CH]S(=O)(=O)O. The molecule has 1 N–H and O–H groups in total. The second-order valence-corrected chi connectivity index (χ2v) is 2.83. The molecule has 0 aromatic heterocycles. The van der Waals surface area contributed by atoms with Crippen molar-refractivity contribution in [2.24, 2.45) is 0 Å². The maximum absolute atomic E-state index is 9.89. The van der Waals surface area contributed by atoms with E-state index in [0.717, 1.165) is 12.2 Å². The van der Waals surface area contributed by atoms with Crippen LogP contribution in [0.3, 0.4) is 0 Å². The van der Waals surface area contributed by atoms with E-state index in [4.69, 9.17) is 4.55 Å². The first kappa shape index (κ1) is 7.91. The third-order valence-electron chi connectivity index (χ3n) is 0.617. The number of hydrogen-bond acceptors (Lipinski definition) is 2. The minimum Gasteiger partial charge on any atom is -0.285 e. The van der Waals surface area contributed by atoms with E-state index in [2.05, 4.69) is 0 Å². The minimum atomic E-state index is -3.81. The van der Waals surface area contributed by atoms with E-state index in [1.54, 1.807) is 0 Å². The van der Waals surface area contributed by atoms with Crippen molar-refractivity contribution in [1.82, 2.24) is 0 Å². The average Bonchev–Trinajstić information content (AvgIpc) is 1.59. The number of unbranched alkanes of at least 4 members (excludes halogenated alkanes) is 1. The second-order valence-electron chi connectivity index (χ2n) is 1.47. The van der Waals surface area contributed by atoms with Crippen LogP contribution in [0, 0.1) is 5.75 Å². The summed E-state index contributed by atoms with van der Waals surface area (Å²) >= 11 is 0. The van der Waals surface area contributed by atoms with E-state index in [-0.39, 0.29) is 0 Å². The highest BCUT2D eigenvalue weighted by Crippen LogP contribution is 1.97. The third-order valence-corrected chi connectivity index (χ3v) is 1.27. The molecular formula is C4H9O3S. The zero-order valence-electron chi connectivity index (χ0n) is 4.66. The van der Waals surface area contributed by atoms with Crippen molar-refractivity contribution >= 4 is 10.1 Å². The van der Waals surface area contributed by atoms with Gasteiger partial charge in [-0.3, -0.25) is 4.55 Å². The Hall–Kier alpha value is -0.0900. The molecule has 0 spiro atoms. The van der Waals surface area contributed by atoms with E-state index < -0.39 is 10.1 Å². The molecule has 0 fully saturated rings. The van der Waals surface area contributed by atoms with Gasteiger partial charge in [0, 0.05) is 0 Å². The average molecular weight is 137 g/mol. The lowest BCUT2D eigenvalue weighted by molar-refractivity contribution is 0.488. The molecule has 0 saturated carbocycles. The zero-order valence-corrected chi connectivity index (χ0v) is 5.48. The normalized spacial score (nSPS) is 11.8. The molecule has 0 aromatic carbocycles. The molecule has 0 aliphatic rings. The lowest BCUT2D eigenvalue weighted by atomic mass is 10.4.